The Bertz CT molecular complexity index is 358. The standard InChI is InChI=1S/C13H25N3/c1-8-14-12(13(4,5)6)11-9(2)15-16(7)10(11)3/h12,14H,8H2,1-7H3. The van der Waals surface area contributed by atoms with Gasteiger partial charge in [-0.3, -0.25) is 4.68 Å². The molecule has 0 aromatic carbocycles. The molecule has 3 nitrogen and oxygen atoms in total. The van der Waals surface area contributed by atoms with Gasteiger partial charge in [-0.2, -0.15) is 5.10 Å². The number of aromatic nitrogens is 2. The molecule has 0 bridgehead atoms. The van der Waals surface area contributed by atoms with Crippen LogP contribution < -0.4 is 5.32 Å². The van der Waals surface area contributed by atoms with Crippen LogP contribution in [0, 0.1) is 19.3 Å². The largest absolute Gasteiger partial charge is 0.310 e. The van der Waals surface area contributed by atoms with Gasteiger partial charge in [-0.05, 0) is 25.8 Å². The van der Waals surface area contributed by atoms with Crippen LogP contribution in [0.5, 0.6) is 0 Å². The zero-order chi connectivity index (χ0) is 12.5. The van der Waals surface area contributed by atoms with Crippen LogP contribution in [0.25, 0.3) is 0 Å². The van der Waals surface area contributed by atoms with E-state index < -0.39 is 0 Å². The van der Waals surface area contributed by atoms with E-state index in [0.717, 1.165) is 12.2 Å². The van der Waals surface area contributed by atoms with Crippen molar-refractivity contribution in [1.29, 1.82) is 0 Å². The summed E-state index contributed by atoms with van der Waals surface area (Å²) in [7, 11) is 2.01. The fourth-order valence-corrected chi connectivity index (χ4v) is 2.25. The van der Waals surface area contributed by atoms with Gasteiger partial charge < -0.3 is 5.32 Å². The third-order valence-electron chi connectivity index (χ3n) is 3.13. The van der Waals surface area contributed by atoms with Gasteiger partial charge in [0.2, 0.25) is 0 Å². The second-order valence-corrected chi connectivity index (χ2v) is 5.56. The number of hydrogen-bond acceptors (Lipinski definition) is 2. The molecular formula is C13H25N3. The number of nitrogens with one attached hydrogen (secondary N) is 1. The van der Waals surface area contributed by atoms with Crippen molar-refractivity contribution in [3.8, 4) is 0 Å². The first-order valence-corrected chi connectivity index (χ1v) is 6.02. The van der Waals surface area contributed by atoms with Crippen LogP contribution in [-0.4, -0.2) is 16.3 Å². The molecule has 1 aromatic rings. The summed E-state index contributed by atoms with van der Waals surface area (Å²) < 4.78 is 1.97. The summed E-state index contributed by atoms with van der Waals surface area (Å²) in [5, 5.41) is 8.08. The zero-order valence-electron chi connectivity index (χ0n) is 11.7. The molecule has 92 valence electrons. The molecule has 3 heteroatoms. The maximum Gasteiger partial charge on any atom is 0.0644 e. The van der Waals surface area contributed by atoms with Crippen LogP contribution >= 0.6 is 0 Å². The lowest BCUT2D eigenvalue weighted by molar-refractivity contribution is 0.275. The quantitative estimate of drug-likeness (QED) is 0.854. The van der Waals surface area contributed by atoms with E-state index >= 15 is 0 Å². The van der Waals surface area contributed by atoms with Crippen molar-refractivity contribution in [3.05, 3.63) is 17.0 Å². The minimum atomic E-state index is 0.203. The van der Waals surface area contributed by atoms with E-state index in [1.807, 2.05) is 11.7 Å². The van der Waals surface area contributed by atoms with Crippen LogP contribution in [0.3, 0.4) is 0 Å². The number of nitrogens with zero attached hydrogens (tertiary/aromatic N) is 2. The topological polar surface area (TPSA) is 29.9 Å². The van der Waals surface area contributed by atoms with Crippen molar-refractivity contribution in [2.24, 2.45) is 12.5 Å². The molecule has 1 heterocycles. The first-order valence-electron chi connectivity index (χ1n) is 6.02. The molecule has 1 atom stereocenters. The third kappa shape index (κ3) is 2.46. The van der Waals surface area contributed by atoms with Gasteiger partial charge in [0.1, 0.15) is 0 Å². The molecule has 0 aliphatic carbocycles. The van der Waals surface area contributed by atoms with E-state index in [0.29, 0.717) is 6.04 Å². The molecule has 16 heavy (non-hydrogen) atoms. The Kier molecular flexibility index (Phi) is 3.79. The first kappa shape index (κ1) is 13.2. The Morgan fingerprint density at radius 3 is 2.19 bits per heavy atom. The smallest absolute Gasteiger partial charge is 0.0644 e. The normalized spacial score (nSPS) is 14.2. The van der Waals surface area contributed by atoms with E-state index in [-0.39, 0.29) is 5.41 Å². The minimum absolute atomic E-state index is 0.203. The van der Waals surface area contributed by atoms with Gasteiger partial charge in [0.25, 0.3) is 0 Å². The summed E-state index contributed by atoms with van der Waals surface area (Å²) in [6, 6.07) is 0.367. The maximum atomic E-state index is 4.50. The maximum absolute atomic E-state index is 4.50. The van der Waals surface area contributed by atoms with Crippen molar-refractivity contribution >= 4 is 0 Å². The van der Waals surface area contributed by atoms with Gasteiger partial charge in [0, 0.05) is 24.3 Å². The summed E-state index contributed by atoms with van der Waals surface area (Å²) in [6.45, 7) is 14.2. The van der Waals surface area contributed by atoms with Crippen LogP contribution in [0.1, 0.15) is 50.7 Å². The molecule has 0 aliphatic heterocycles. The molecule has 0 spiro atoms. The molecule has 0 aliphatic rings. The molecule has 0 saturated heterocycles. The fourth-order valence-electron chi connectivity index (χ4n) is 2.25. The Labute approximate surface area is 99.2 Å². The van der Waals surface area contributed by atoms with Gasteiger partial charge in [-0.1, -0.05) is 27.7 Å². The summed E-state index contributed by atoms with van der Waals surface area (Å²) in [5.74, 6) is 0. The molecule has 0 radical (unpaired) electrons. The molecule has 1 unspecified atom stereocenters. The lowest BCUT2D eigenvalue weighted by Gasteiger charge is -2.32. The first-order chi connectivity index (χ1) is 7.29. The van der Waals surface area contributed by atoms with E-state index in [2.05, 4.69) is 52.0 Å². The van der Waals surface area contributed by atoms with Crippen LogP contribution in [0.4, 0.5) is 0 Å². The van der Waals surface area contributed by atoms with Crippen LogP contribution in [0.2, 0.25) is 0 Å². The fraction of sp³-hybridized carbons (Fsp3) is 0.769. The number of rotatable bonds is 3. The molecule has 0 amide bonds. The predicted octanol–water partition coefficient (Wildman–Crippen LogP) is 2.73. The molecule has 0 saturated carbocycles. The van der Waals surface area contributed by atoms with Crippen molar-refractivity contribution in [1.82, 2.24) is 15.1 Å². The highest BCUT2D eigenvalue weighted by Gasteiger charge is 2.29. The minimum Gasteiger partial charge on any atom is -0.310 e. The Morgan fingerprint density at radius 1 is 1.31 bits per heavy atom. The van der Waals surface area contributed by atoms with E-state index in [1.165, 1.54) is 11.3 Å². The summed E-state index contributed by atoms with van der Waals surface area (Å²) in [4.78, 5) is 0. The predicted molar refractivity (Wildman–Crippen MR) is 68.6 cm³/mol. The average Bonchev–Trinajstić information content (AvgIpc) is 2.37. The second-order valence-electron chi connectivity index (χ2n) is 5.56. The van der Waals surface area contributed by atoms with Crippen molar-refractivity contribution < 1.29 is 0 Å². The highest BCUT2D eigenvalue weighted by Crippen LogP contribution is 2.35. The van der Waals surface area contributed by atoms with Gasteiger partial charge in [0.05, 0.1) is 5.69 Å². The van der Waals surface area contributed by atoms with Gasteiger partial charge in [0.15, 0.2) is 0 Å². The Balaban J connectivity index is 3.21. The Hall–Kier alpha value is -0.830. The summed E-state index contributed by atoms with van der Waals surface area (Å²) in [6.07, 6.45) is 0. The monoisotopic (exact) mass is 223 g/mol. The van der Waals surface area contributed by atoms with Crippen molar-refractivity contribution in [3.63, 3.8) is 0 Å². The summed E-state index contributed by atoms with van der Waals surface area (Å²) in [5.41, 5.74) is 3.96. The molecular weight excluding hydrogens is 198 g/mol. The van der Waals surface area contributed by atoms with Crippen LogP contribution in [-0.2, 0) is 7.05 Å². The SMILES string of the molecule is CCNC(c1c(C)nn(C)c1C)C(C)(C)C. The van der Waals surface area contributed by atoms with E-state index in [1.54, 1.807) is 0 Å². The average molecular weight is 223 g/mol. The van der Waals surface area contributed by atoms with Gasteiger partial charge >= 0.3 is 0 Å². The van der Waals surface area contributed by atoms with Crippen LogP contribution in [0.15, 0.2) is 0 Å². The highest BCUT2D eigenvalue weighted by molar-refractivity contribution is 5.29. The van der Waals surface area contributed by atoms with Gasteiger partial charge in [-0.15, -0.1) is 0 Å². The lowest BCUT2D eigenvalue weighted by Crippen LogP contribution is -2.33. The highest BCUT2D eigenvalue weighted by atomic mass is 15.3. The Morgan fingerprint density at radius 2 is 1.88 bits per heavy atom. The second kappa shape index (κ2) is 4.58. The lowest BCUT2D eigenvalue weighted by atomic mass is 9.81. The molecule has 0 fully saturated rings. The van der Waals surface area contributed by atoms with E-state index in [4.69, 9.17) is 0 Å². The third-order valence-corrected chi connectivity index (χ3v) is 3.13. The summed E-state index contributed by atoms with van der Waals surface area (Å²) >= 11 is 0. The molecule has 1 aromatic heterocycles. The zero-order valence-corrected chi connectivity index (χ0v) is 11.7. The van der Waals surface area contributed by atoms with Crippen molar-refractivity contribution in [2.45, 2.75) is 47.6 Å². The molecule has 1 N–H and O–H groups in total. The number of hydrogen-bond donors (Lipinski definition) is 1. The van der Waals surface area contributed by atoms with E-state index in [9.17, 15) is 0 Å². The van der Waals surface area contributed by atoms with Gasteiger partial charge in [-0.25, -0.2) is 0 Å². The molecule has 1 rings (SSSR count). The van der Waals surface area contributed by atoms with Crippen molar-refractivity contribution in [2.75, 3.05) is 6.54 Å². The number of aryl methyl sites for hydroxylation is 2.